The lowest BCUT2D eigenvalue weighted by atomic mass is 9.86. The summed E-state index contributed by atoms with van der Waals surface area (Å²) in [6.07, 6.45) is 4.62. The van der Waals surface area contributed by atoms with E-state index in [1.54, 1.807) is 0 Å². The van der Waals surface area contributed by atoms with Gasteiger partial charge in [0.15, 0.2) is 0 Å². The van der Waals surface area contributed by atoms with Gasteiger partial charge in [-0.2, -0.15) is 0 Å². The third kappa shape index (κ3) is 4.73. The van der Waals surface area contributed by atoms with Gasteiger partial charge >= 0.3 is 0 Å². The Hall–Kier alpha value is -3.67. The van der Waals surface area contributed by atoms with Crippen LogP contribution in [0, 0.1) is 11.3 Å². The topological polar surface area (TPSA) is 56.8 Å². The van der Waals surface area contributed by atoms with Gasteiger partial charge in [-0.05, 0) is 47.9 Å². The molecule has 1 saturated carbocycles. The Kier molecular flexibility index (Phi) is 6.41. The molecule has 2 saturated heterocycles. The Labute approximate surface area is 218 Å². The average Bonchev–Trinajstić information content (AvgIpc) is 3.67. The molecule has 2 aliphatic heterocycles. The molecule has 37 heavy (non-hydrogen) atoms. The first-order valence-corrected chi connectivity index (χ1v) is 13.5. The second kappa shape index (κ2) is 10.0. The maximum absolute atomic E-state index is 13.8. The first-order valence-electron chi connectivity index (χ1n) is 13.5. The molecule has 2 amide bonds. The standard InChI is InChI=1S/C31H34N4O2/c36-29(35-21-19-33(20-22-35)27-13-7-8-16-32-27)26-23-31(26)14-17-34(18-15-31)30(37)28(24-9-3-1-4-10-24)25-11-5-2-6-12-25/h1-13,16,26,28H,14-15,17-23H2/t26-/m0/s1. The van der Waals surface area contributed by atoms with Crippen LogP contribution in [0.15, 0.2) is 85.1 Å². The van der Waals surface area contributed by atoms with Crippen molar-refractivity contribution in [2.75, 3.05) is 44.2 Å². The van der Waals surface area contributed by atoms with E-state index in [1.165, 1.54) is 0 Å². The predicted molar refractivity (Wildman–Crippen MR) is 144 cm³/mol. The Morgan fingerprint density at radius 2 is 1.32 bits per heavy atom. The maximum Gasteiger partial charge on any atom is 0.234 e. The zero-order valence-corrected chi connectivity index (χ0v) is 21.2. The first-order chi connectivity index (χ1) is 18.1. The van der Waals surface area contributed by atoms with Crippen LogP contribution >= 0.6 is 0 Å². The Balaban J connectivity index is 1.06. The number of aromatic nitrogens is 1. The number of nitrogens with zero attached hydrogens (tertiary/aromatic N) is 4. The van der Waals surface area contributed by atoms with Crippen LogP contribution in [0.3, 0.4) is 0 Å². The summed E-state index contributed by atoms with van der Waals surface area (Å²) in [5.41, 5.74) is 2.15. The SMILES string of the molecule is O=C(C(c1ccccc1)c1ccccc1)N1CCC2(CC1)C[C@H]2C(=O)N1CCN(c2ccccn2)CC1. The van der Waals surface area contributed by atoms with E-state index in [2.05, 4.69) is 14.8 Å². The normalized spacial score (nSPS) is 20.8. The highest BCUT2D eigenvalue weighted by Gasteiger charge is 2.59. The lowest BCUT2D eigenvalue weighted by molar-refractivity contribution is -0.135. The van der Waals surface area contributed by atoms with Crippen LogP contribution in [0.5, 0.6) is 0 Å². The summed E-state index contributed by atoms with van der Waals surface area (Å²) >= 11 is 0. The van der Waals surface area contributed by atoms with E-state index >= 15 is 0 Å². The number of amides is 2. The van der Waals surface area contributed by atoms with Crippen molar-refractivity contribution in [1.29, 1.82) is 0 Å². The third-order valence-corrected chi connectivity index (χ3v) is 8.64. The number of piperidine rings is 1. The fourth-order valence-corrected chi connectivity index (χ4v) is 6.29. The van der Waals surface area contributed by atoms with Gasteiger partial charge in [0.05, 0.1) is 5.92 Å². The molecule has 1 atom stereocenters. The summed E-state index contributed by atoms with van der Waals surface area (Å²) in [6, 6.07) is 26.1. The van der Waals surface area contributed by atoms with Gasteiger partial charge < -0.3 is 14.7 Å². The van der Waals surface area contributed by atoms with Crippen molar-refractivity contribution in [1.82, 2.24) is 14.8 Å². The number of rotatable bonds is 5. The van der Waals surface area contributed by atoms with Crippen LogP contribution in [-0.4, -0.2) is 65.9 Å². The van der Waals surface area contributed by atoms with Crippen molar-refractivity contribution in [2.24, 2.45) is 11.3 Å². The van der Waals surface area contributed by atoms with E-state index in [9.17, 15) is 9.59 Å². The van der Waals surface area contributed by atoms with Crippen molar-refractivity contribution in [3.63, 3.8) is 0 Å². The fraction of sp³-hybridized carbons (Fsp3) is 0.387. The largest absolute Gasteiger partial charge is 0.353 e. The van der Waals surface area contributed by atoms with Gasteiger partial charge in [-0.3, -0.25) is 9.59 Å². The van der Waals surface area contributed by atoms with Crippen molar-refractivity contribution in [3.8, 4) is 0 Å². The summed E-state index contributed by atoms with van der Waals surface area (Å²) in [4.78, 5) is 38.0. The lowest BCUT2D eigenvalue weighted by Gasteiger charge is -2.37. The molecule has 6 rings (SSSR count). The second-order valence-corrected chi connectivity index (χ2v) is 10.7. The van der Waals surface area contributed by atoms with E-state index in [-0.39, 0.29) is 23.2 Å². The summed E-state index contributed by atoms with van der Waals surface area (Å²) in [5, 5.41) is 0. The molecule has 0 N–H and O–H groups in total. The van der Waals surface area contributed by atoms with Gasteiger partial charge in [-0.1, -0.05) is 66.7 Å². The summed E-state index contributed by atoms with van der Waals surface area (Å²) in [6.45, 7) is 4.61. The van der Waals surface area contributed by atoms with Crippen LogP contribution in [0.1, 0.15) is 36.3 Å². The van der Waals surface area contributed by atoms with Crippen molar-refractivity contribution >= 4 is 17.6 Å². The van der Waals surface area contributed by atoms with E-state index in [0.29, 0.717) is 5.91 Å². The molecule has 2 aromatic carbocycles. The van der Waals surface area contributed by atoms with E-state index in [4.69, 9.17) is 0 Å². The highest BCUT2D eigenvalue weighted by molar-refractivity contribution is 5.87. The molecule has 0 bridgehead atoms. The number of likely N-dealkylation sites (tertiary alicyclic amines) is 1. The summed E-state index contributed by atoms with van der Waals surface area (Å²) in [7, 11) is 0. The molecule has 0 radical (unpaired) electrons. The monoisotopic (exact) mass is 494 g/mol. The Bertz CT molecular complexity index is 1180. The highest BCUT2D eigenvalue weighted by atomic mass is 16.2. The second-order valence-electron chi connectivity index (χ2n) is 10.7. The molecule has 3 heterocycles. The predicted octanol–water partition coefficient (Wildman–Crippen LogP) is 4.19. The molecule has 1 spiro atoms. The van der Waals surface area contributed by atoms with E-state index in [0.717, 1.165) is 75.5 Å². The zero-order valence-electron chi connectivity index (χ0n) is 21.2. The first kappa shape index (κ1) is 23.7. The van der Waals surface area contributed by atoms with Gasteiger partial charge in [0.25, 0.3) is 0 Å². The quantitative estimate of drug-likeness (QED) is 0.534. The number of carbonyl (C=O) groups is 2. The molecule has 3 fully saturated rings. The molecular formula is C31H34N4O2. The molecule has 0 unspecified atom stereocenters. The molecule has 1 aromatic heterocycles. The molecular weight excluding hydrogens is 460 g/mol. The average molecular weight is 495 g/mol. The van der Waals surface area contributed by atoms with Gasteiger partial charge in [0.2, 0.25) is 11.8 Å². The van der Waals surface area contributed by atoms with Crippen LogP contribution < -0.4 is 4.90 Å². The van der Waals surface area contributed by atoms with E-state index in [1.807, 2.05) is 90.0 Å². The Morgan fingerprint density at radius 3 is 1.89 bits per heavy atom. The highest BCUT2D eigenvalue weighted by Crippen LogP contribution is 2.60. The zero-order chi connectivity index (χ0) is 25.2. The third-order valence-electron chi connectivity index (χ3n) is 8.64. The number of anilines is 1. The minimum atomic E-state index is -0.288. The van der Waals surface area contributed by atoms with Gasteiger partial charge in [0, 0.05) is 51.4 Å². The van der Waals surface area contributed by atoms with E-state index < -0.39 is 0 Å². The van der Waals surface area contributed by atoms with Gasteiger partial charge in [-0.25, -0.2) is 4.98 Å². The number of piperazine rings is 1. The number of benzene rings is 2. The number of carbonyl (C=O) groups excluding carboxylic acids is 2. The summed E-state index contributed by atoms with van der Waals surface area (Å²) in [5.74, 6) is 1.29. The molecule has 1 aliphatic carbocycles. The van der Waals surface area contributed by atoms with Crippen LogP contribution in [0.4, 0.5) is 5.82 Å². The lowest BCUT2D eigenvalue weighted by Crippen LogP contribution is -2.50. The van der Waals surface area contributed by atoms with Crippen LogP contribution in [0.25, 0.3) is 0 Å². The number of hydrogen-bond acceptors (Lipinski definition) is 4. The smallest absolute Gasteiger partial charge is 0.234 e. The number of pyridine rings is 1. The molecule has 3 aromatic rings. The van der Waals surface area contributed by atoms with Crippen LogP contribution in [0.2, 0.25) is 0 Å². The van der Waals surface area contributed by atoms with Gasteiger partial charge in [-0.15, -0.1) is 0 Å². The maximum atomic E-state index is 13.8. The fourth-order valence-electron chi connectivity index (χ4n) is 6.29. The Morgan fingerprint density at radius 1 is 0.730 bits per heavy atom. The summed E-state index contributed by atoms with van der Waals surface area (Å²) < 4.78 is 0. The molecule has 6 heteroatoms. The van der Waals surface area contributed by atoms with Gasteiger partial charge in [0.1, 0.15) is 5.82 Å². The van der Waals surface area contributed by atoms with Crippen molar-refractivity contribution < 1.29 is 9.59 Å². The minimum Gasteiger partial charge on any atom is -0.353 e. The van der Waals surface area contributed by atoms with Crippen LogP contribution in [-0.2, 0) is 9.59 Å². The van der Waals surface area contributed by atoms with Crippen molar-refractivity contribution in [3.05, 3.63) is 96.2 Å². The van der Waals surface area contributed by atoms with Crippen molar-refractivity contribution in [2.45, 2.75) is 25.2 Å². The molecule has 6 nitrogen and oxygen atoms in total. The number of hydrogen-bond donors (Lipinski definition) is 0. The molecule has 3 aliphatic rings. The minimum absolute atomic E-state index is 0.0843. The molecule has 190 valence electrons.